The molecule has 0 saturated heterocycles. The average Bonchev–Trinajstić information content (AvgIpc) is 2.48. The fraction of sp³-hybridized carbons (Fsp3) is 0.562. The number of aliphatic imine (C=N–C) groups is 1. The third-order valence-electron chi connectivity index (χ3n) is 3.03. The molecular weight excluding hydrogens is 409 g/mol. The van der Waals surface area contributed by atoms with E-state index in [0.717, 1.165) is 43.5 Å². The van der Waals surface area contributed by atoms with Crippen molar-refractivity contribution >= 4 is 41.7 Å². The highest BCUT2D eigenvalue weighted by molar-refractivity contribution is 14.0. The zero-order chi connectivity index (χ0) is 15.5. The normalized spacial score (nSPS) is 10.8. The lowest BCUT2D eigenvalue weighted by Crippen LogP contribution is -2.38. The summed E-state index contributed by atoms with van der Waals surface area (Å²) in [6.45, 7) is 6.73. The van der Waals surface area contributed by atoms with Crippen molar-refractivity contribution in [3.8, 4) is 5.75 Å². The van der Waals surface area contributed by atoms with Crippen molar-refractivity contribution in [3.05, 3.63) is 29.3 Å². The molecule has 1 aromatic carbocycles. The van der Waals surface area contributed by atoms with Crippen LogP contribution in [-0.2, 0) is 6.42 Å². The van der Waals surface area contributed by atoms with E-state index in [4.69, 9.17) is 4.74 Å². The van der Waals surface area contributed by atoms with Crippen LogP contribution in [0.15, 0.2) is 23.2 Å². The van der Waals surface area contributed by atoms with Crippen LogP contribution in [0.3, 0.4) is 0 Å². The Balaban J connectivity index is 0.00000441. The van der Waals surface area contributed by atoms with E-state index in [0.29, 0.717) is 0 Å². The molecule has 0 spiro atoms. The molecule has 0 atom stereocenters. The standard InChI is InChI=1S/C16H27N3OS.HI/c1-5-17-16(19-10-11-21-4)18-9-8-14-12-13(2)6-7-15(14)20-3;/h6-7,12H,5,8-11H2,1-4H3,(H2,17,18,19);1H. The van der Waals surface area contributed by atoms with Gasteiger partial charge in [0.25, 0.3) is 0 Å². The Morgan fingerprint density at radius 1 is 1.32 bits per heavy atom. The van der Waals surface area contributed by atoms with E-state index in [1.54, 1.807) is 7.11 Å². The van der Waals surface area contributed by atoms with Crippen LogP contribution < -0.4 is 15.4 Å². The van der Waals surface area contributed by atoms with Crippen LogP contribution in [0, 0.1) is 6.92 Å². The van der Waals surface area contributed by atoms with Gasteiger partial charge >= 0.3 is 0 Å². The SMILES string of the molecule is CCNC(=NCCSC)NCCc1cc(C)ccc1OC.I. The molecule has 0 fully saturated rings. The van der Waals surface area contributed by atoms with Crippen LogP contribution in [0.1, 0.15) is 18.1 Å². The molecule has 0 amide bonds. The van der Waals surface area contributed by atoms with Crippen molar-refractivity contribution in [2.24, 2.45) is 4.99 Å². The lowest BCUT2D eigenvalue weighted by Gasteiger charge is -2.13. The highest BCUT2D eigenvalue weighted by atomic mass is 127. The minimum atomic E-state index is 0. The molecule has 2 N–H and O–H groups in total. The number of halogens is 1. The van der Waals surface area contributed by atoms with Gasteiger partial charge in [-0.05, 0) is 38.2 Å². The first-order chi connectivity index (χ1) is 10.2. The average molecular weight is 437 g/mol. The van der Waals surface area contributed by atoms with Crippen molar-refractivity contribution in [2.75, 3.05) is 38.8 Å². The minimum Gasteiger partial charge on any atom is -0.496 e. The Kier molecular flexibility index (Phi) is 12.5. The summed E-state index contributed by atoms with van der Waals surface area (Å²) in [4.78, 5) is 4.54. The number of nitrogens with zero attached hydrogens (tertiary/aromatic N) is 1. The second kappa shape index (κ2) is 12.9. The molecule has 0 unspecified atom stereocenters. The highest BCUT2D eigenvalue weighted by Gasteiger charge is 2.04. The highest BCUT2D eigenvalue weighted by Crippen LogP contribution is 2.19. The maximum absolute atomic E-state index is 5.41. The zero-order valence-corrected chi connectivity index (χ0v) is 17.1. The molecule has 4 nitrogen and oxygen atoms in total. The summed E-state index contributed by atoms with van der Waals surface area (Å²) in [5.74, 6) is 2.88. The van der Waals surface area contributed by atoms with Crippen LogP contribution in [0.4, 0.5) is 0 Å². The molecule has 0 heterocycles. The summed E-state index contributed by atoms with van der Waals surface area (Å²) in [5.41, 5.74) is 2.48. The Morgan fingerprint density at radius 3 is 2.73 bits per heavy atom. The molecule has 22 heavy (non-hydrogen) atoms. The van der Waals surface area contributed by atoms with Gasteiger partial charge in [0.2, 0.25) is 0 Å². The smallest absolute Gasteiger partial charge is 0.191 e. The van der Waals surface area contributed by atoms with Crippen molar-refractivity contribution < 1.29 is 4.74 Å². The topological polar surface area (TPSA) is 45.7 Å². The fourth-order valence-electron chi connectivity index (χ4n) is 2.01. The number of methoxy groups -OCH3 is 1. The number of hydrogen-bond donors (Lipinski definition) is 2. The summed E-state index contributed by atoms with van der Waals surface area (Å²) in [7, 11) is 1.72. The van der Waals surface area contributed by atoms with E-state index in [2.05, 4.69) is 47.9 Å². The molecule has 1 rings (SSSR count). The van der Waals surface area contributed by atoms with Gasteiger partial charge in [-0.3, -0.25) is 4.99 Å². The molecule has 0 radical (unpaired) electrons. The van der Waals surface area contributed by atoms with Crippen LogP contribution in [0.5, 0.6) is 5.75 Å². The Bertz CT molecular complexity index is 455. The van der Waals surface area contributed by atoms with Gasteiger partial charge in [0.05, 0.1) is 13.7 Å². The second-order valence-corrected chi connectivity index (χ2v) is 5.73. The van der Waals surface area contributed by atoms with E-state index >= 15 is 0 Å². The number of nitrogens with one attached hydrogen (secondary N) is 2. The number of thioether (sulfide) groups is 1. The maximum atomic E-state index is 5.41. The summed E-state index contributed by atoms with van der Waals surface area (Å²) in [6, 6.07) is 6.28. The second-order valence-electron chi connectivity index (χ2n) is 4.75. The first-order valence-electron chi connectivity index (χ1n) is 7.35. The largest absolute Gasteiger partial charge is 0.496 e. The van der Waals surface area contributed by atoms with Crippen molar-refractivity contribution in [3.63, 3.8) is 0 Å². The summed E-state index contributed by atoms with van der Waals surface area (Å²) in [6.07, 6.45) is 3.01. The monoisotopic (exact) mass is 437 g/mol. The molecule has 6 heteroatoms. The van der Waals surface area contributed by atoms with Gasteiger partial charge in [0.1, 0.15) is 5.75 Å². The van der Waals surface area contributed by atoms with E-state index in [1.165, 1.54) is 11.1 Å². The molecule has 0 aliphatic carbocycles. The fourth-order valence-corrected chi connectivity index (χ4v) is 2.28. The van der Waals surface area contributed by atoms with Gasteiger partial charge < -0.3 is 15.4 Å². The molecule has 0 bridgehead atoms. The van der Waals surface area contributed by atoms with Gasteiger partial charge in [-0.15, -0.1) is 24.0 Å². The molecular formula is C16H28IN3OS. The molecule has 126 valence electrons. The summed E-state index contributed by atoms with van der Waals surface area (Å²) >= 11 is 1.81. The number of ether oxygens (including phenoxy) is 1. The maximum Gasteiger partial charge on any atom is 0.191 e. The quantitative estimate of drug-likeness (QED) is 0.284. The first-order valence-corrected chi connectivity index (χ1v) is 8.75. The lowest BCUT2D eigenvalue weighted by atomic mass is 10.1. The van der Waals surface area contributed by atoms with Crippen LogP contribution in [0.25, 0.3) is 0 Å². The number of guanidine groups is 1. The van der Waals surface area contributed by atoms with E-state index < -0.39 is 0 Å². The Morgan fingerprint density at radius 2 is 2.09 bits per heavy atom. The van der Waals surface area contributed by atoms with E-state index in [1.807, 2.05) is 17.8 Å². The van der Waals surface area contributed by atoms with Gasteiger partial charge in [-0.2, -0.15) is 11.8 Å². The molecule has 0 aliphatic rings. The number of benzene rings is 1. The Labute approximate surface area is 155 Å². The number of hydrogen-bond acceptors (Lipinski definition) is 3. The minimum absolute atomic E-state index is 0. The summed E-state index contributed by atoms with van der Waals surface area (Å²) < 4.78 is 5.41. The van der Waals surface area contributed by atoms with Crippen molar-refractivity contribution in [1.82, 2.24) is 10.6 Å². The third-order valence-corrected chi connectivity index (χ3v) is 3.62. The first kappa shape index (κ1) is 21.4. The molecule has 1 aromatic rings. The van der Waals surface area contributed by atoms with Crippen LogP contribution >= 0.6 is 35.7 Å². The predicted octanol–water partition coefficient (Wildman–Crippen LogP) is 3.08. The van der Waals surface area contributed by atoms with Crippen molar-refractivity contribution in [2.45, 2.75) is 20.3 Å². The summed E-state index contributed by atoms with van der Waals surface area (Å²) in [5, 5.41) is 6.64. The Hall–Kier alpha value is -0.630. The van der Waals surface area contributed by atoms with Gasteiger partial charge in [-0.1, -0.05) is 17.7 Å². The van der Waals surface area contributed by atoms with Gasteiger partial charge in [0.15, 0.2) is 5.96 Å². The molecule has 0 aliphatic heterocycles. The van der Waals surface area contributed by atoms with E-state index in [-0.39, 0.29) is 24.0 Å². The number of aryl methyl sites for hydroxylation is 1. The third kappa shape index (κ3) is 8.12. The van der Waals surface area contributed by atoms with E-state index in [9.17, 15) is 0 Å². The lowest BCUT2D eigenvalue weighted by molar-refractivity contribution is 0.409. The van der Waals surface area contributed by atoms with Crippen molar-refractivity contribution in [1.29, 1.82) is 0 Å². The zero-order valence-electron chi connectivity index (χ0n) is 13.9. The predicted molar refractivity (Wildman–Crippen MR) is 109 cm³/mol. The molecule has 0 aromatic heterocycles. The van der Waals surface area contributed by atoms with Crippen LogP contribution in [0.2, 0.25) is 0 Å². The number of rotatable bonds is 8. The van der Waals surface area contributed by atoms with Crippen LogP contribution in [-0.4, -0.2) is 44.7 Å². The van der Waals surface area contributed by atoms with Gasteiger partial charge in [0, 0.05) is 18.8 Å². The van der Waals surface area contributed by atoms with Gasteiger partial charge in [-0.25, -0.2) is 0 Å². The molecule has 0 saturated carbocycles.